The Bertz CT molecular complexity index is 549. The fourth-order valence-corrected chi connectivity index (χ4v) is 1.61. The van der Waals surface area contributed by atoms with Crippen molar-refractivity contribution in [3.05, 3.63) is 29.6 Å². The highest BCUT2D eigenvalue weighted by atomic mass is 19.4. The van der Waals surface area contributed by atoms with Crippen molar-refractivity contribution in [2.24, 2.45) is 5.92 Å². The standard InChI is InChI=1S/C13H16F3N3O3/c1-8(11(20)21)7-19(2)12(22)17-6-9-4-3-5-10(18-9)13(14,15)16/h3-5,8H,6-7H2,1-2H3,(H,17,22)(H,20,21). The van der Waals surface area contributed by atoms with Gasteiger partial charge in [0.15, 0.2) is 0 Å². The average molecular weight is 319 g/mol. The normalized spacial score (nSPS) is 12.6. The molecule has 1 aromatic rings. The lowest BCUT2D eigenvalue weighted by molar-refractivity contribution is -0.142. The molecule has 0 aliphatic heterocycles. The Morgan fingerprint density at radius 1 is 1.41 bits per heavy atom. The maximum Gasteiger partial charge on any atom is 0.433 e. The van der Waals surface area contributed by atoms with Crippen LogP contribution in [0.1, 0.15) is 18.3 Å². The number of urea groups is 1. The number of aromatic nitrogens is 1. The summed E-state index contributed by atoms with van der Waals surface area (Å²) in [5.41, 5.74) is -0.977. The molecule has 0 radical (unpaired) electrons. The van der Waals surface area contributed by atoms with Crippen molar-refractivity contribution >= 4 is 12.0 Å². The van der Waals surface area contributed by atoms with Crippen LogP contribution in [0, 0.1) is 5.92 Å². The fraction of sp³-hybridized carbons (Fsp3) is 0.462. The quantitative estimate of drug-likeness (QED) is 0.869. The maximum atomic E-state index is 12.5. The first-order valence-electron chi connectivity index (χ1n) is 6.36. The highest BCUT2D eigenvalue weighted by molar-refractivity contribution is 5.75. The highest BCUT2D eigenvalue weighted by Crippen LogP contribution is 2.27. The van der Waals surface area contributed by atoms with Crippen LogP contribution >= 0.6 is 0 Å². The van der Waals surface area contributed by atoms with Crippen molar-refractivity contribution in [1.29, 1.82) is 0 Å². The van der Waals surface area contributed by atoms with E-state index in [9.17, 15) is 22.8 Å². The Morgan fingerprint density at radius 2 is 2.05 bits per heavy atom. The largest absolute Gasteiger partial charge is 0.481 e. The summed E-state index contributed by atoms with van der Waals surface area (Å²) in [4.78, 5) is 27.0. The van der Waals surface area contributed by atoms with E-state index in [2.05, 4.69) is 10.3 Å². The Labute approximate surface area is 124 Å². The zero-order chi connectivity index (χ0) is 16.9. The number of hydrogen-bond acceptors (Lipinski definition) is 3. The summed E-state index contributed by atoms with van der Waals surface area (Å²) in [7, 11) is 1.40. The number of aliphatic carboxylic acids is 1. The lowest BCUT2D eigenvalue weighted by Crippen LogP contribution is -2.40. The molecule has 1 heterocycles. The topological polar surface area (TPSA) is 82.5 Å². The number of halogens is 3. The van der Waals surface area contributed by atoms with E-state index in [0.717, 1.165) is 11.0 Å². The third-order valence-corrected chi connectivity index (χ3v) is 2.83. The predicted octanol–water partition coefficient (Wildman–Crippen LogP) is 1.96. The van der Waals surface area contributed by atoms with Gasteiger partial charge in [0.1, 0.15) is 5.69 Å². The number of carbonyl (C=O) groups excluding carboxylic acids is 1. The van der Waals surface area contributed by atoms with Crippen LogP contribution in [0.2, 0.25) is 0 Å². The van der Waals surface area contributed by atoms with Crippen LogP contribution in [0.15, 0.2) is 18.2 Å². The number of rotatable bonds is 5. The molecule has 0 fully saturated rings. The van der Waals surface area contributed by atoms with Crippen molar-refractivity contribution in [3.8, 4) is 0 Å². The molecule has 2 N–H and O–H groups in total. The molecule has 9 heteroatoms. The molecule has 0 saturated heterocycles. The van der Waals surface area contributed by atoms with E-state index in [1.54, 1.807) is 0 Å². The molecule has 0 aliphatic carbocycles. The van der Waals surface area contributed by atoms with Gasteiger partial charge >= 0.3 is 18.2 Å². The summed E-state index contributed by atoms with van der Waals surface area (Å²) in [6.45, 7) is 1.24. The maximum absolute atomic E-state index is 12.5. The fourth-order valence-electron chi connectivity index (χ4n) is 1.61. The number of nitrogens with zero attached hydrogens (tertiary/aromatic N) is 2. The van der Waals surface area contributed by atoms with Crippen LogP contribution in [0.3, 0.4) is 0 Å². The first-order valence-corrected chi connectivity index (χ1v) is 6.36. The average Bonchev–Trinajstić information content (AvgIpc) is 2.43. The van der Waals surface area contributed by atoms with Gasteiger partial charge in [0, 0.05) is 13.6 Å². The van der Waals surface area contributed by atoms with E-state index in [-0.39, 0.29) is 18.8 Å². The van der Waals surface area contributed by atoms with Crippen LogP contribution in [0.5, 0.6) is 0 Å². The Balaban J connectivity index is 2.59. The predicted molar refractivity (Wildman–Crippen MR) is 70.9 cm³/mol. The van der Waals surface area contributed by atoms with Gasteiger partial charge in [-0.2, -0.15) is 13.2 Å². The molecule has 22 heavy (non-hydrogen) atoms. The minimum Gasteiger partial charge on any atom is -0.481 e. The van der Waals surface area contributed by atoms with Crippen molar-refractivity contribution < 1.29 is 27.9 Å². The van der Waals surface area contributed by atoms with E-state index in [4.69, 9.17) is 5.11 Å². The third-order valence-electron chi connectivity index (χ3n) is 2.83. The van der Waals surface area contributed by atoms with Gasteiger partial charge in [0.05, 0.1) is 18.2 Å². The van der Waals surface area contributed by atoms with Gasteiger partial charge in [-0.05, 0) is 12.1 Å². The number of carboxylic acid groups (broad SMARTS) is 1. The molecule has 1 atom stereocenters. The Hall–Kier alpha value is -2.32. The van der Waals surface area contributed by atoms with E-state index >= 15 is 0 Å². The minimum atomic E-state index is -4.55. The monoisotopic (exact) mass is 319 g/mol. The summed E-state index contributed by atoms with van der Waals surface area (Å²) in [5.74, 6) is -1.79. The summed E-state index contributed by atoms with van der Waals surface area (Å²) < 4.78 is 37.5. The molecule has 122 valence electrons. The number of pyridine rings is 1. The lowest BCUT2D eigenvalue weighted by atomic mass is 10.2. The Morgan fingerprint density at radius 3 is 2.59 bits per heavy atom. The summed E-state index contributed by atoms with van der Waals surface area (Å²) in [6.07, 6.45) is -4.55. The lowest BCUT2D eigenvalue weighted by Gasteiger charge is -2.20. The second-order valence-corrected chi connectivity index (χ2v) is 4.79. The number of carbonyl (C=O) groups is 2. The van der Waals surface area contributed by atoms with Crippen molar-refractivity contribution in [3.63, 3.8) is 0 Å². The van der Waals surface area contributed by atoms with Crippen LogP contribution in [-0.4, -0.2) is 40.6 Å². The highest BCUT2D eigenvalue weighted by Gasteiger charge is 2.32. The molecule has 0 bridgehead atoms. The second-order valence-electron chi connectivity index (χ2n) is 4.79. The van der Waals surface area contributed by atoms with E-state index < -0.39 is 29.8 Å². The van der Waals surface area contributed by atoms with Gasteiger partial charge in [-0.1, -0.05) is 13.0 Å². The van der Waals surface area contributed by atoms with Gasteiger partial charge in [-0.15, -0.1) is 0 Å². The molecule has 1 unspecified atom stereocenters. The van der Waals surface area contributed by atoms with Gasteiger partial charge < -0.3 is 15.3 Å². The van der Waals surface area contributed by atoms with Gasteiger partial charge in [-0.3, -0.25) is 4.79 Å². The number of nitrogens with one attached hydrogen (secondary N) is 1. The number of amides is 2. The molecule has 0 saturated carbocycles. The minimum absolute atomic E-state index is 0.0167. The summed E-state index contributed by atoms with van der Waals surface area (Å²) in [6, 6.07) is 2.81. The van der Waals surface area contributed by atoms with Gasteiger partial charge in [-0.25, -0.2) is 9.78 Å². The zero-order valence-corrected chi connectivity index (χ0v) is 12.0. The summed E-state index contributed by atoms with van der Waals surface area (Å²) in [5, 5.41) is 11.1. The Kier molecular flexibility index (Phi) is 5.72. The summed E-state index contributed by atoms with van der Waals surface area (Å²) >= 11 is 0. The van der Waals surface area contributed by atoms with Crippen molar-refractivity contribution in [2.45, 2.75) is 19.6 Å². The number of carboxylic acids is 1. The van der Waals surface area contributed by atoms with E-state index in [1.807, 2.05) is 0 Å². The van der Waals surface area contributed by atoms with Crippen molar-refractivity contribution in [2.75, 3.05) is 13.6 Å². The molecule has 0 spiro atoms. The molecule has 0 aromatic carbocycles. The van der Waals surface area contributed by atoms with Crippen LogP contribution in [-0.2, 0) is 17.5 Å². The smallest absolute Gasteiger partial charge is 0.433 e. The molecular weight excluding hydrogens is 303 g/mol. The first kappa shape index (κ1) is 17.7. The number of hydrogen-bond donors (Lipinski definition) is 2. The third kappa shape index (κ3) is 5.23. The molecule has 6 nitrogen and oxygen atoms in total. The SMILES string of the molecule is CC(CN(C)C(=O)NCc1cccc(C(F)(F)F)n1)C(=O)O. The molecule has 0 aliphatic rings. The van der Waals surface area contributed by atoms with E-state index in [0.29, 0.717) is 0 Å². The van der Waals surface area contributed by atoms with Gasteiger partial charge in [0.25, 0.3) is 0 Å². The van der Waals surface area contributed by atoms with Crippen LogP contribution in [0.4, 0.5) is 18.0 Å². The zero-order valence-electron chi connectivity index (χ0n) is 12.0. The van der Waals surface area contributed by atoms with E-state index in [1.165, 1.54) is 26.1 Å². The molecule has 1 aromatic heterocycles. The number of alkyl halides is 3. The van der Waals surface area contributed by atoms with Gasteiger partial charge in [0.2, 0.25) is 0 Å². The second kappa shape index (κ2) is 7.10. The molecule has 2 amide bonds. The van der Waals surface area contributed by atoms with Crippen LogP contribution < -0.4 is 5.32 Å². The first-order chi connectivity index (χ1) is 10.1. The molecular formula is C13H16F3N3O3. The molecule has 1 rings (SSSR count). The van der Waals surface area contributed by atoms with Crippen LogP contribution in [0.25, 0.3) is 0 Å². The van der Waals surface area contributed by atoms with Crippen molar-refractivity contribution in [1.82, 2.24) is 15.2 Å².